The van der Waals surface area contributed by atoms with E-state index in [0.29, 0.717) is 29.7 Å². The Morgan fingerprint density at radius 3 is 2.53 bits per heavy atom. The Bertz CT molecular complexity index is 831. The second-order valence-electron chi connectivity index (χ2n) is 9.15. The summed E-state index contributed by atoms with van der Waals surface area (Å²) in [5.74, 6) is 0.474. The first-order valence-electron chi connectivity index (χ1n) is 10.6. The van der Waals surface area contributed by atoms with Crippen LogP contribution in [0.5, 0.6) is 0 Å². The maximum absolute atomic E-state index is 12.8. The molecule has 0 heterocycles. The predicted molar refractivity (Wildman–Crippen MR) is 113 cm³/mol. The van der Waals surface area contributed by atoms with Gasteiger partial charge in [0, 0.05) is 30.2 Å². The first kappa shape index (κ1) is 22.0. The molecule has 4 atom stereocenters. The number of fused-ring (bicyclic) bond motifs is 2. The molecule has 7 nitrogen and oxygen atoms in total. The molecule has 0 spiro atoms. The Morgan fingerprint density at radius 2 is 1.93 bits per heavy atom. The van der Waals surface area contributed by atoms with Crippen LogP contribution in [0.4, 0.5) is 5.69 Å². The van der Waals surface area contributed by atoms with E-state index in [1.165, 1.54) is 24.3 Å². The van der Waals surface area contributed by atoms with Crippen molar-refractivity contribution in [1.82, 2.24) is 5.32 Å². The third-order valence-electron chi connectivity index (χ3n) is 7.08. The minimum absolute atomic E-state index is 0.0295. The molecule has 3 saturated carbocycles. The average Bonchev–Trinajstić information content (AvgIpc) is 2.70. The van der Waals surface area contributed by atoms with E-state index in [1.54, 1.807) is 0 Å². The number of carbonyl (C=O) groups excluding carboxylic acids is 1. The minimum Gasteiger partial charge on any atom is -0.481 e. The summed E-state index contributed by atoms with van der Waals surface area (Å²) in [5, 5.41) is 22.8. The quantitative estimate of drug-likeness (QED) is 0.266. The van der Waals surface area contributed by atoms with Gasteiger partial charge in [0.1, 0.15) is 0 Å². The zero-order chi connectivity index (χ0) is 21.9. The standard InChI is InChI=1S/C23H30N2O5/c1-23(2)17-13-16(7-5-3-4-6-8-20(26)27)21(19(23)14-17)24-22(28)15-9-11-18(12-10-15)25(29)30/h3,5,9-12,16-17,19,21H,4,6-8,13-14H2,1-2H3,(H,24,28)(H,26,27)/b5-3-/t16-,17-,19-,21+/m0/s1. The van der Waals surface area contributed by atoms with Crippen LogP contribution in [0.3, 0.4) is 0 Å². The molecule has 1 aromatic carbocycles. The number of hydrogen-bond acceptors (Lipinski definition) is 4. The van der Waals surface area contributed by atoms with Gasteiger partial charge in [0.05, 0.1) is 4.92 Å². The van der Waals surface area contributed by atoms with E-state index >= 15 is 0 Å². The number of unbranched alkanes of at least 4 members (excludes halogenated alkanes) is 1. The number of nitrogens with one attached hydrogen (secondary N) is 1. The normalized spacial score (nSPS) is 26.7. The van der Waals surface area contributed by atoms with Gasteiger partial charge in [-0.15, -0.1) is 0 Å². The molecule has 3 aliphatic carbocycles. The summed E-state index contributed by atoms with van der Waals surface area (Å²) >= 11 is 0. The predicted octanol–water partition coefficient (Wildman–Crippen LogP) is 4.58. The highest BCUT2D eigenvalue weighted by atomic mass is 16.6. The van der Waals surface area contributed by atoms with Crippen molar-refractivity contribution in [1.29, 1.82) is 0 Å². The SMILES string of the molecule is CC1(C)[C@H]2C[C@H](C/C=C\CCCC(=O)O)[C@@H](NC(=O)c3ccc([N+](=O)[O-])cc3)[C@@H]1C2. The minimum atomic E-state index is -0.771. The number of aliphatic carboxylic acids is 1. The summed E-state index contributed by atoms with van der Waals surface area (Å²) in [5.41, 5.74) is 0.607. The van der Waals surface area contributed by atoms with Gasteiger partial charge in [-0.3, -0.25) is 19.7 Å². The first-order valence-corrected chi connectivity index (χ1v) is 10.6. The molecule has 162 valence electrons. The van der Waals surface area contributed by atoms with E-state index < -0.39 is 10.9 Å². The lowest BCUT2D eigenvalue weighted by molar-refractivity contribution is -0.384. The Labute approximate surface area is 176 Å². The molecule has 0 unspecified atom stereocenters. The monoisotopic (exact) mass is 414 g/mol. The number of nitrogens with zero attached hydrogens (tertiary/aromatic N) is 1. The van der Waals surface area contributed by atoms with Crippen LogP contribution in [0.1, 0.15) is 62.7 Å². The molecule has 0 aliphatic heterocycles. The number of nitro benzene ring substituents is 1. The lowest BCUT2D eigenvalue weighted by Gasteiger charge is -2.62. The fourth-order valence-electron chi connectivity index (χ4n) is 5.10. The average molecular weight is 415 g/mol. The number of carbonyl (C=O) groups is 2. The van der Waals surface area contributed by atoms with Gasteiger partial charge in [-0.05, 0) is 67.4 Å². The number of amides is 1. The second kappa shape index (κ2) is 8.98. The molecule has 30 heavy (non-hydrogen) atoms. The lowest BCUT2D eigenvalue weighted by Crippen LogP contribution is -2.63. The number of carboxylic acid groups (broad SMARTS) is 1. The molecule has 2 bridgehead atoms. The Kier molecular flexibility index (Phi) is 6.58. The smallest absolute Gasteiger partial charge is 0.303 e. The Hall–Kier alpha value is -2.70. The summed E-state index contributed by atoms with van der Waals surface area (Å²) in [6.07, 6.45) is 8.78. The largest absolute Gasteiger partial charge is 0.481 e. The van der Waals surface area contributed by atoms with Crippen molar-refractivity contribution >= 4 is 17.6 Å². The molecule has 3 fully saturated rings. The third-order valence-corrected chi connectivity index (χ3v) is 7.08. The van der Waals surface area contributed by atoms with Gasteiger partial charge >= 0.3 is 5.97 Å². The van der Waals surface area contributed by atoms with Crippen LogP contribution in [0.25, 0.3) is 0 Å². The van der Waals surface area contributed by atoms with Crippen LogP contribution in [0, 0.1) is 33.3 Å². The van der Waals surface area contributed by atoms with E-state index in [4.69, 9.17) is 5.11 Å². The lowest BCUT2D eigenvalue weighted by atomic mass is 9.44. The number of allylic oxidation sites excluding steroid dienone is 2. The van der Waals surface area contributed by atoms with Crippen LogP contribution < -0.4 is 5.32 Å². The molecule has 1 amide bonds. The molecule has 2 N–H and O–H groups in total. The van der Waals surface area contributed by atoms with Gasteiger partial charge in [-0.25, -0.2) is 0 Å². The second-order valence-corrected chi connectivity index (χ2v) is 9.15. The highest BCUT2D eigenvalue weighted by Gasteiger charge is 2.57. The van der Waals surface area contributed by atoms with Crippen LogP contribution in [-0.2, 0) is 4.79 Å². The van der Waals surface area contributed by atoms with Crippen LogP contribution >= 0.6 is 0 Å². The Balaban J connectivity index is 1.63. The molecule has 1 aromatic rings. The highest BCUT2D eigenvalue weighted by Crippen LogP contribution is 2.61. The van der Waals surface area contributed by atoms with Gasteiger partial charge in [0.25, 0.3) is 11.6 Å². The number of nitro groups is 1. The molecule has 4 rings (SSSR count). The van der Waals surface area contributed by atoms with Gasteiger partial charge in [-0.2, -0.15) is 0 Å². The molecular formula is C23H30N2O5. The number of benzene rings is 1. The maximum atomic E-state index is 12.8. The van der Waals surface area contributed by atoms with Crippen molar-refractivity contribution < 1.29 is 19.6 Å². The molecule has 7 heteroatoms. The van der Waals surface area contributed by atoms with E-state index in [-0.39, 0.29) is 29.5 Å². The maximum Gasteiger partial charge on any atom is 0.303 e. The zero-order valence-corrected chi connectivity index (χ0v) is 17.5. The van der Waals surface area contributed by atoms with Crippen molar-refractivity contribution in [2.24, 2.45) is 23.2 Å². The summed E-state index contributed by atoms with van der Waals surface area (Å²) in [6.45, 7) is 4.55. The highest BCUT2D eigenvalue weighted by molar-refractivity contribution is 5.94. The van der Waals surface area contributed by atoms with E-state index in [1.807, 2.05) is 6.08 Å². The molecule has 3 aliphatic rings. The topological polar surface area (TPSA) is 110 Å². The summed E-state index contributed by atoms with van der Waals surface area (Å²) in [4.78, 5) is 33.8. The fourth-order valence-corrected chi connectivity index (χ4v) is 5.10. The van der Waals surface area contributed by atoms with Crippen molar-refractivity contribution in [3.63, 3.8) is 0 Å². The number of non-ortho nitro benzene ring substituents is 1. The number of carboxylic acids is 1. The van der Waals surface area contributed by atoms with Gasteiger partial charge in [0.2, 0.25) is 0 Å². The van der Waals surface area contributed by atoms with Crippen molar-refractivity contribution in [3.8, 4) is 0 Å². The van der Waals surface area contributed by atoms with E-state index in [2.05, 4.69) is 25.2 Å². The zero-order valence-electron chi connectivity index (χ0n) is 17.5. The van der Waals surface area contributed by atoms with Crippen molar-refractivity contribution in [2.75, 3.05) is 0 Å². The summed E-state index contributed by atoms with van der Waals surface area (Å²) in [7, 11) is 0. The van der Waals surface area contributed by atoms with Gasteiger partial charge < -0.3 is 10.4 Å². The Morgan fingerprint density at radius 1 is 1.23 bits per heavy atom. The molecule has 0 saturated heterocycles. The molecular weight excluding hydrogens is 384 g/mol. The van der Waals surface area contributed by atoms with Crippen LogP contribution in [0.15, 0.2) is 36.4 Å². The fraction of sp³-hybridized carbons (Fsp3) is 0.565. The summed E-state index contributed by atoms with van der Waals surface area (Å²) < 4.78 is 0. The third kappa shape index (κ3) is 4.71. The van der Waals surface area contributed by atoms with Crippen molar-refractivity contribution in [3.05, 3.63) is 52.1 Å². The van der Waals surface area contributed by atoms with Crippen LogP contribution in [-0.4, -0.2) is 27.9 Å². The van der Waals surface area contributed by atoms with E-state index in [9.17, 15) is 19.7 Å². The first-order chi connectivity index (χ1) is 14.2. The van der Waals surface area contributed by atoms with Crippen molar-refractivity contribution in [2.45, 2.75) is 58.4 Å². The van der Waals surface area contributed by atoms with Gasteiger partial charge in [0.15, 0.2) is 0 Å². The summed E-state index contributed by atoms with van der Waals surface area (Å²) in [6, 6.07) is 5.79. The van der Waals surface area contributed by atoms with Crippen LogP contribution in [0.2, 0.25) is 0 Å². The molecule has 0 aromatic heterocycles. The van der Waals surface area contributed by atoms with E-state index in [0.717, 1.165) is 25.7 Å². The number of rotatable bonds is 9. The van der Waals surface area contributed by atoms with Gasteiger partial charge in [-0.1, -0.05) is 26.0 Å². The molecule has 0 radical (unpaired) electrons. The number of hydrogen-bond donors (Lipinski definition) is 2.